The van der Waals surface area contributed by atoms with Crippen molar-refractivity contribution in [1.82, 2.24) is 10.3 Å². The van der Waals surface area contributed by atoms with Gasteiger partial charge in [0, 0.05) is 18.3 Å². The predicted octanol–water partition coefficient (Wildman–Crippen LogP) is 2.78. The Morgan fingerprint density at radius 2 is 2.15 bits per heavy atom. The Kier molecular flexibility index (Phi) is 5.38. The quantitative estimate of drug-likeness (QED) is 0.841. The van der Waals surface area contributed by atoms with Gasteiger partial charge in [0.15, 0.2) is 0 Å². The van der Waals surface area contributed by atoms with Gasteiger partial charge in [0.05, 0.1) is 13.3 Å². The minimum atomic E-state index is 0.502. The molecule has 0 bridgehead atoms. The van der Waals surface area contributed by atoms with E-state index in [1.165, 1.54) is 0 Å². The monoisotopic (exact) mass is 272 g/mol. The average molecular weight is 272 g/mol. The number of aromatic nitrogens is 1. The number of ether oxygens (including phenoxy) is 2. The summed E-state index contributed by atoms with van der Waals surface area (Å²) in [7, 11) is 1.66. The normalized spacial score (nSPS) is 10.3. The van der Waals surface area contributed by atoms with E-state index in [9.17, 15) is 0 Å². The van der Waals surface area contributed by atoms with Crippen molar-refractivity contribution in [1.29, 1.82) is 0 Å². The van der Waals surface area contributed by atoms with Crippen LogP contribution in [-0.2, 0) is 13.2 Å². The summed E-state index contributed by atoms with van der Waals surface area (Å²) in [5.41, 5.74) is 2.19. The second-order valence-corrected chi connectivity index (χ2v) is 4.40. The van der Waals surface area contributed by atoms with Crippen LogP contribution in [0.25, 0.3) is 0 Å². The highest BCUT2D eigenvalue weighted by molar-refractivity contribution is 5.31. The van der Waals surface area contributed by atoms with Gasteiger partial charge in [-0.2, -0.15) is 0 Å². The van der Waals surface area contributed by atoms with Crippen molar-refractivity contribution < 1.29 is 9.47 Å². The van der Waals surface area contributed by atoms with E-state index in [4.69, 9.17) is 9.47 Å². The Labute approximate surface area is 119 Å². The molecule has 0 aliphatic rings. The summed E-state index contributed by atoms with van der Waals surface area (Å²) in [6.45, 7) is 4.30. The smallest absolute Gasteiger partial charge is 0.142 e. The molecular weight excluding hydrogens is 252 g/mol. The fourth-order valence-corrected chi connectivity index (χ4v) is 1.87. The minimum absolute atomic E-state index is 0.502. The molecule has 0 fully saturated rings. The molecule has 4 nitrogen and oxygen atoms in total. The number of benzene rings is 1. The third-order valence-electron chi connectivity index (χ3n) is 2.96. The van der Waals surface area contributed by atoms with Crippen LogP contribution in [0.3, 0.4) is 0 Å². The maximum absolute atomic E-state index is 5.86. The van der Waals surface area contributed by atoms with Crippen molar-refractivity contribution in [2.24, 2.45) is 0 Å². The highest BCUT2D eigenvalue weighted by Crippen LogP contribution is 2.19. The topological polar surface area (TPSA) is 43.4 Å². The third kappa shape index (κ3) is 3.96. The molecule has 0 radical (unpaired) electrons. The van der Waals surface area contributed by atoms with Gasteiger partial charge in [-0.25, -0.2) is 0 Å². The Morgan fingerprint density at radius 1 is 1.25 bits per heavy atom. The fraction of sp³-hybridized carbons (Fsp3) is 0.312. The first-order chi connectivity index (χ1) is 9.83. The average Bonchev–Trinajstić information content (AvgIpc) is 2.52. The molecule has 1 heterocycles. The summed E-state index contributed by atoms with van der Waals surface area (Å²) in [5.74, 6) is 1.65. The largest absolute Gasteiger partial charge is 0.497 e. The fourth-order valence-electron chi connectivity index (χ4n) is 1.87. The molecule has 0 aliphatic heterocycles. The van der Waals surface area contributed by atoms with Gasteiger partial charge in [-0.15, -0.1) is 0 Å². The van der Waals surface area contributed by atoms with Crippen LogP contribution in [0.5, 0.6) is 11.5 Å². The first-order valence-electron chi connectivity index (χ1n) is 6.72. The van der Waals surface area contributed by atoms with Crippen LogP contribution >= 0.6 is 0 Å². The molecule has 20 heavy (non-hydrogen) atoms. The van der Waals surface area contributed by atoms with E-state index in [1.54, 1.807) is 19.5 Å². The van der Waals surface area contributed by atoms with E-state index >= 15 is 0 Å². The molecule has 0 saturated carbocycles. The first-order valence-corrected chi connectivity index (χ1v) is 6.72. The van der Waals surface area contributed by atoms with Crippen molar-refractivity contribution in [2.45, 2.75) is 20.1 Å². The van der Waals surface area contributed by atoms with Crippen molar-refractivity contribution in [3.05, 3.63) is 53.9 Å². The number of hydrogen-bond acceptors (Lipinski definition) is 4. The van der Waals surface area contributed by atoms with E-state index in [0.29, 0.717) is 6.61 Å². The van der Waals surface area contributed by atoms with Gasteiger partial charge in [-0.3, -0.25) is 4.98 Å². The number of nitrogens with one attached hydrogen (secondary N) is 1. The number of hydrogen-bond donors (Lipinski definition) is 1. The zero-order valence-corrected chi connectivity index (χ0v) is 11.9. The van der Waals surface area contributed by atoms with Crippen LogP contribution < -0.4 is 14.8 Å². The second-order valence-electron chi connectivity index (χ2n) is 4.40. The molecule has 0 aliphatic carbocycles. The number of rotatable bonds is 7. The summed E-state index contributed by atoms with van der Waals surface area (Å²) in [6, 6.07) is 9.84. The zero-order chi connectivity index (χ0) is 14.2. The van der Waals surface area contributed by atoms with Gasteiger partial charge in [0.25, 0.3) is 0 Å². The Hall–Kier alpha value is -2.07. The van der Waals surface area contributed by atoms with Crippen molar-refractivity contribution in [3.8, 4) is 11.5 Å². The lowest BCUT2D eigenvalue weighted by atomic mass is 10.2. The molecule has 0 atom stereocenters. The van der Waals surface area contributed by atoms with E-state index in [1.807, 2.05) is 30.3 Å². The molecule has 0 saturated heterocycles. The highest BCUT2D eigenvalue weighted by Gasteiger charge is 2.04. The summed E-state index contributed by atoms with van der Waals surface area (Å²) in [6.07, 6.45) is 3.54. The Bertz CT molecular complexity index is 544. The van der Waals surface area contributed by atoms with Gasteiger partial charge >= 0.3 is 0 Å². The molecule has 0 amide bonds. The summed E-state index contributed by atoms with van der Waals surface area (Å²) < 4.78 is 11.1. The molecule has 2 rings (SSSR count). The van der Waals surface area contributed by atoms with Crippen LogP contribution in [0.15, 0.2) is 42.7 Å². The van der Waals surface area contributed by atoms with Crippen LogP contribution in [0.1, 0.15) is 18.1 Å². The third-order valence-corrected chi connectivity index (χ3v) is 2.96. The van der Waals surface area contributed by atoms with Crippen molar-refractivity contribution in [2.75, 3.05) is 13.7 Å². The van der Waals surface area contributed by atoms with E-state index in [0.717, 1.165) is 35.7 Å². The molecule has 4 heteroatoms. The van der Waals surface area contributed by atoms with Crippen molar-refractivity contribution in [3.63, 3.8) is 0 Å². The number of nitrogens with zero attached hydrogens (tertiary/aromatic N) is 1. The lowest BCUT2D eigenvalue weighted by Crippen LogP contribution is -2.13. The van der Waals surface area contributed by atoms with Gasteiger partial charge in [0.1, 0.15) is 18.1 Å². The molecule has 2 aromatic rings. The maximum Gasteiger partial charge on any atom is 0.142 e. The van der Waals surface area contributed by atoms with Gasteiger partial charge in [-0.1, -0.05) is 19.1 Å². The van der Waals surface area contributed by atoms with Gasteiger partial charge < -0.3 is 14.8 Å². The Morgan fingerprint density at radius 3 is 2.95 bits per heavy atom. The molecule has 1 aromatic heterocycles. The van der Waals surface area contributed by atoms with E-state index in [2.05, 4.69) is 17.2 Å². The minimum Gasteiger partial charge on any atom is -0.497 e. The van der Waals surface area contributed by atoms with Gasteiger partial charge in [0.2, 0.25) is 0 Å². The standard InChI is InChI=1S/C16H20N2O2/c1-3-17-10-14-7-8-18-11-16(14)20-12-13-5-4-6-15(9-13)19-2/h4-9,11,17H,3,10,12H2,1-2H3. The van der Waals surface area contributed by atoms with Crippen LogP contribution in [0.2, 0.25) is 0 Å². The van der Waals surface area contributed by atoms with Crippen LogP contribution in [0, 0.1) is 0 Å². The highest BCUT2D eigenvalue weighted by atomic mass is 16.5. The summed E-state index contributed by atoms with van der Waals surface area (Å²) in [5, 5.41) is 3.29. The van der Waals surface area contributed by atoms with E-state index < -0.39 is 0 Å². The molecule has 1 aromatic carbocycles. The van der Waals surface area contributed by atoms with Gasteiger partial charge in [-0.05, 0) is 30.3 Å². The summed E-state index contributed by atoms with van der Waals surface area (Å²) >= 11 is 0. The van der Waals surface area contributed by atoms with E-state index in [-0.39, 0.29) is 0 Å². The molecule has 0 spiro atoms. The lowest BCUT2D eigenvalue weighted by Gasteiger charge is -2.11. The van der Waals surface area contributed by atoms with Crippen LogP contribution in [-0.4, -0.2) is 18.6 Å². The summed E-state index contributed by atoms with van der Waals surface area (Å²) in [4.78, 5) is 4.12. The molecular formula is C16H20N2O2. The van der Waals surface area contributed by atoms with Crippen LogP contribution in [0.4, 0.5) is 0 Å². The first kappa shape index (κ1) is 14.3. The number of pyridine rings is 1. The SMILES string of the molecule is CCNCc1ccncc1OCc1cccc(OC)c1. The predicted molar refractivity (Wildman–Crippen MR) is 78.9 cm³/mol. The number of methoxy groups -OCH3 is 1. The lowest BCUT2D eigenvalue weighted by molar-refractivity contribution is 0.300. The zero-order valence-electron chi connectivity index (χ0n) is 11.9. The molecule has 106 valence electrons. The molecule has 1 N–H and O–H groups in total. The second kappa shape index (κ2) is 7.50. The molecule has 0 unspecified atom stereocenters. The van der Waals surface area contributed by atoms with Crippen molar-refractivity contribution >= 4 is 0 Å². The maximum atomic E-state index is 5.86. The Balaban J connectivity index is 2.02.